The molecule has 2 rings (SSSR count). The Hall–Kier alpha value is -3.29. The molecule has 1 heterocycles. The van der Waals surface area contributed by atoms with Gasteiger partial charge in [0.25, 0.3) is 0 Å². The van der Waals surface area contributed by atoms with Crippen LogP contribution in [0.1, 0.15) is 5.82 Å². The maximum atomic E-state index is 10.9. The summed E-state index contributed by atoms with van der Waals surface area (Å²) in [5, 5.41) is 36.5. The van der Waals surface area contributed by atoms with Crippen molar-refractivity contribution in [2.24, 2.45) is 7.05 Å². The molecular weight excluding hydrogens is 292 g/mol. The lowest BCUT2D eigenvalue weighted by molar-refractivity contribution is -0.140. The minimum Gasteiger partial charge on any atom is -0.504 e. The summed E-state index contributed by atoms with van der Waals surface area (Å²) in [6.45, 7) is 0. The molecule has 1 aromatic carbocycles. The average molecular weight is 304 g/mol. The molecule has 4 N–H and O–H groups in total. The third-order valence-corrected chi connectivity index (χ3v) is 3.03. The summed E-state index contributed by atoms with van der Waals surface area (Å²) in [5.74, 6) is -3.60. The largest absolute Gasteiger partial charge is 0.504 e. The number of hydrogen-bond donors (Lipinski definition) is 4. The topological polar surface area (TPSA) is 133 Å². The predicted molar refractivity (Wildman–Crippen MR) is 75.2 cm³/mol. The number of aromatic nitrogens is 2. The fraction of sp³-hybridized carbons (Fsp3) is 0.0714. The molecule has 0 saturated heterocycles. The van der Waals surface area contributed by atoms with Crippen LogP contribution in [0.5, 0.6) is 11.5 Å². The van der Waals surface area contributed by atoms with Crippen molar-refractivity contribution >= 4 is 18.0 Å². The number of carboxylic acid groups (broad SMARTS) is 2. The zero-order chi connectivity index (χ0) is 16.4. The van der Waals surface area contributed by atoms with Crippen LogP contribution in [0.25, 0.3) is 17.3 Å². The molecule has 0 amide bonds. The minimum atomic E-state index is -1.57. The van der Waals surface area contributed by atoms with Gasteiger partial charge < -0.3 is 25.0 Å². The van der Waals surface area contributed by atoms with Crippen LogP contribution < -0.4 is 0 Å². The van der Waals surface area contributed by atoms with Gasteiger partial charge in [0, 0.05) is 18.7 Å². The molecule has 0 aliphatic rings. The molecule has 0 fully saturated rings. The SMILES string of the molecule is Cn1c(-c2ccc(O)c(O)c2)cnc1C=C(C(=O)O)C(=O)O. The molecule has 0 saturated carbocycles. The Balaban J connectivity index is 2.49. The summed E-state index contributed by atoms with van der Waals surface area (Å²) >= 11 is 0. The molecule has 0 radical (unpaired) electrons. The predicted octanol–water partition coefficient (Wildman–Crippen LogP) is 1.05. The Bertz CT molecular complexity index is 775. The third-order valence-electron chi connectivity index (χ3n) is 3.03. The molecule has 1 aromatic heterocycles. The number of aromatic hydroxyl groups is 2. The van der Waals surface area contributed by atoms with E-state index in [4.69, 9.17) is 10.2 Å². The van der Waals surface area contributed by atoms with Gasteiger partial charge in [-0.3, -0.25) is 0 Å². The van der Waals surface area contributed by atoms with Crippen LogP contribution >= 0.6 is 0 Å². The molecule has 2 aromatic rings. The standard InChI is InChI=1S/C14H12N2O6/c1-16-9(7-2-3-10(17)11(18)4-7)6-15-12(16)5-8(13(19)20)14(21)22/h2-6,17-18H,1H3,(H,19,20)(H,21,22). The summed E-state index contributed by atoms with van der Waals surface area (Å²) in [5.41, 5.74) is 0.225. The van der Waals surface area contributed by atoms with E-state index in [0.717, 1.165) is 6.08 Å². The summed E-state index contributed by atoms with van der Waals surface area (Å²) in [6.07, 6.45) is 2.34. The quantitative estimate of drug-likeness (QED) is 0.287. The van der Waals surface area contributed by atoms with E-state index in [0.29, 0.717) is 11.3 Å². The molecule has 8 heteroatoms. The zero-order valence-corrected chi connectivity index (χ0v) is 11.4. The minimum absolute atomic E-state index is 0.127. The number of hydrogen-bond acceptors (Lipinski definition) is 5. The van der Waals surface area contributed by atoms with Gasteiger partial charge in [-0.05, 0) is 18.2 Å². The summed E-state index contributed by atoms with van der Waals surface area (Å²) < 4.78 is 1.47. The molecule has 0 unspecified atom stereocenters. The van der Waals surface area contributed by atoms with E-state index in [1.165, 1.54) is 29.0 Å². The summed E-state index contributed by atoms with van der Waals surface area (Å²) in [4.78, 5) is 25.7. The first-order chi connectivity index (χ1) is 10.3. The second-order valence-electron chi connectivity index (χ2n) is 4.43. The second-order valence-corrected chi connectivity index (χ2v) is 4.43. The summed E-state index contributed by atoms with van der Waals surface area (Å²) in [7, 11) is 1.57. The first-order valence-corrected chi connectivity index (χ1v) is 6.03. The number of carboxylic acids is 2. The van der Waals surface area contributed by atoms with Crippen molar-refractivity contribution in [1.82, 2.24) is 9.55 Å². The van der Waals surface area contributed by atoms with E-state index < -0.39 is 17.5 Å². The fourth-order valence-corrected chi connectivity index (χ4v) is 1.85. The van der Waals surface area contributed by atoms with Crippen LogP contribution in [0.4, 0.5) is 0 Å². The molecule has 22 heavy (non-hydrogen) atoms. The number of aliphatic carboxylic acids is 2. The smallest absolute Gasteiger partial charge is 0.343 e. The Morgan fingerprint density at radius 2 is 1.77 bits per heavy atom. The molecule has 0 atom stereocenters. The summed E-state index contributed by atoms with van der Waals surface area (Å²) in [6, 6.07) is 4.15. The van der Waals surface area contributed by atoms with Crippen LogP contribution in [0.15, 0.2) is 30.0 Å². The average Bonchev–Trinajstić information content (AvgIpc) is 2.79. The van der Waals surface area contributed by atoms with Crippen molar-refractivity contribution in [2.75, 3.05) is 0 Å². The highest BCUT2D eigenvalue weighted by Gasteiger charge is 2.18. The Labute approximate surface area is 124 Å². The van der Waals surface area contributed by atoms with E-state index in [1.807, 2.05) is 0 Å². The lowest BCUT2D eigenvalue weighted by atomic mass is 10.1. The lowest BCUT2D eigenvalue weighted by Crippen LogP contribution is -2.11. The first-order valence-electron chi connectivity index (χ1n) is 6.03. The number of imidazole rings is 1. The van der Waals surface area contributed by atoms with Crippen molar-refractivity contribution in [3.8, 4) is 22.8 Å². The second kappa shape index (κ2) is 5.60. The fourth-order valence-electron chi connectivity index (χ4n) is 1.85. The molecule has 0 spiro atoms. The van der Waals surface area contributed by atoms with Crippen LogP contribution in [0.2, 0.25) is 0 Å². The molecule has 0 aliphatic heterocycles. The number of phenolic OH excluding ortho intramolecular Hbond substituents is 2. The highest BCUT2D eigenvalue weighted by molar-refractivity contribution is 6.16. The number of phenols is 2. The van der Waals surface area contributed by atoms with E-state index in [9.17, 15) is 19.8 Å². The van der Waals surface area contributed by atoms with Gasteiger partial charge in [-0.2, -0.15) is 0 Å². The van der Waals surface area contributed by atoms with Crippen LogP contribution in [-0.4, -0.2) is 41.9 Å². The number of benzene rings is 1. The molecule has 0 aliphatic carbocycles. The van der Waals surface area contributed by atoms with Crippen molar-refractivity contribution < 1.29 is 30.0 Å². The molecule has 8 nitrogen and oxygen atoms in total. The van der Waals surface area contributed by atoms with E-state index in [1.54, 1.807) is 7.05 Å². The number of nitrogens with zero attached hydrogens (tertiary/aromatic N) is 2. The normalized spacial score (nSPS) is 10.2. The van der Waals surface area contributed by atoms with E-state index in [-0.39, 0.29) is 17.3 Å². The Morgan fingerprint density at radius 3 is 2.32 bits per heavy atom. The maximum Gasteiger partial charge on any atom is 0.343 e. The number of carbonyl (C=O) groups is 2. The van der Waals surface area contributed by atoms with Gasteiger partial charge in [-0.15, -0.1) is 0 Å². The monoisotopic (exact) mass is 304 g/mol. The van der Waals surface area contributed by atoms with Gasteiger partial charge in [0.05, 0.1) is 11.9 Å². The van der Waals surface area contributed by atoms with Crippen LogP contribution in [-0.2, 0) is 16.6 Å². The van der Waals surface area contributed by atoms with Gasteiger partial charge >= 0.3 is 11.9 Å². The van der Waals surface area contributed by atoms with E-state index in [2.05, 4.69) is 4.98 Å². The van der Waals surface area contributed by atoms with Crippen molar-refractivity contribution in [1.29, 1.82) is 0 Å². The van der Waals surface area contributed by atoms with Crippen molar-refractivity contribution in [3.63, 3.8) is 0 Å². The van der Waals surface area contributed by atoms with Crippen LogP contribution in [0.3, 0.4) is 0 Å². The van der Waals surface area contributed by atoms with Crippen LogP contribution in [0, 0.1) is 0 Å². The first kappa shape index (κ1) is 15.1. The molecule has 0 bridgehead atoms. The van der Waals surface area contributed by atoms with Gasteiger partial charge in [-0.25, -0.2) is 14.6 Å². The Morgan fingerprint density at radius 1 is 1.14 bits per heavy atom. The van der Waals surface area contributed by atoms with Gasteiger partial charge in [0.1, 0.15) is 11.4 Å². The highest BCUT2D eigenvalue weighted by atomic mass is 16.4. The zero-order valence-electron chi connectivity index (χ0n) is 11.4. The van der Waals surface area contributed by atoms with Crippen molar-refractivity contribution in [2.45, 2.75) is 0 Å². The van der Waals surface area contributed by atoms with E-state index >= 15 is 0 Å². The van der Waals surface area contributed by atoms with Gasteiger partial charge in [0.2, 0.25) is 0 Å². The van der Waals surface area contributed by atoms with Gasteiger partial charge in [-0.1, -0.05) is 0 Å². The lowest BCUT2D eigenvalue weighted by Gasteiger charge is -2.06. The molecule has 114 valence electrons. The third kappa shape index (κ3) is 2.75. The molecular formula is C14H12N2O6. The van der Waals surface area contributed by atoms with Gasteiger partial charge in [0.15, 0.2) is 11.5 Å². The Kier molecular flexibility index (Phi) is 3.85. The number of rotatable bonds is 4. The van der Waals surface area contributed by atoms with Crippen molar-refractivity contribution in [3.05, 3.63) is 35.8 Å². The highest BCUT2D eigenvalue weighted by Crippen LogP contribution is 2.30. The maximum absolute atomic E-state index is 10.9.